The van der Waals surface area contributed by atoms with Crippen molar-refractivity contribution in [1.29, 1.82) is 0 Å². The number of hydrogen-bond acceptors (Lipinski definition) is 2. The van der Waals surface area contributed by atoms with Gasteiger partial charge >= 0.3 is 5.97 Å². The van der Waals surface area contributed by atoms with E-state index < -0.39 is 17.8 Å². The Bertz CT molecular complexity index is 546. The lowest BCUT2D eigenvalue weighted by Gasteiger charge is -2.24. The van der Waals surface area contributed by atoms with E-state index in [0.717, 1.165) is 0 Å². The van der Waals surface area contributed by atoms with Crippen molar-refractivity contribution in [2.45, 2.75) is 32.6 Å². The standard InChI is InChI=1S/C17H21NO3/c1-11(2)12-7-9-13(10-8-12)18-16(19)14-5-3-4-6-15(14)17(20)21/h3-4,7-11,14-15H,5-6H2,1-2H3,(H,18,19)(H,20,21)/t14-,15+/m0/s1. The Morgan fingerprint density at radius 1 is 1.10 bits per heavy atom. The number of carboxylic acid groups (broad SMARTS) is 1. The van der Waals surface area contributed by atoms with Gasteiger partial charge in [0.05, 0.1) is 11.8 Å². The number of amides is 1. The molecule has 4 nitrogen and oxygen atoms in total. The average Bonchev–Trinajstić information content (AvgIpc) is 2.47. The van der Waals surface area contributed by atoms with Crippen LogP contribution >= 0.6 is 0 Å². The normalized spacial score (nSPS) is 21.3. The van der Waals surface area contributed by atoms with E-state index in [1.165, 1.54) is 5.56 Å². The summed E-state index contributed by atoms with van der Waals surface area (Å²) in [5.74, 6) is -1.82. The molecule has 1 aromatic rings. The summed E-state index contributed by atoms with van der Waals surface area (Å²) in [6, 6.07) is 7.69. The molecule has 1 aliphatic rings. The topological polar surface area (TPSA) is 66.4 Å². The van der Waals surface area contributed by atoms with Crippen LogP contribution in [0.4, 0.5) is 5.69 Å². The van der Waals surface area contributed by atoms with Crippen molar-refractivity contribution < 1.29 is 14.7 Å². The van der Waals surface area contributed by atoms with E-state index in [1.54, 1.807) is 0 Å². The fourth-order valence-electron chi connectivity index (χ4n) is 2.56. The van der Waals surface area contributed by atoms with E-state index in [9.17, 15) is 14.7 Å². The van der Waals surface area contributed by atoms with Gasteiger partial charge in [0.1, 0.15) is 0 Å². The molecule has 0 saturated heterocycles. The number of aliphatic carboxylic acids is 1. The lowest BCUT2D eigenvalue weighted by atomic mass is 9.82. The molecule has 2 atom stereocenters. The van der Waals surface area contributed by atoms with Gasteiger partial charge in [0, 0.05) is 5.69 Å². The first-order chi connectivity index (χ1) is 9.99. The number of rotatable bonds is 4. The van der Waals surface area contributed by atoms with Crippen LogP contribution in [-0.4, -0.2) is 17.0 Å². The summed E-state index contributed by atoms with van der Waals surface area (Å²) in [5, 5.41) is 12.0. The maximum Gasteiger partial charge on any atom is 0.307 e. The molecular weight excluding hydrogens is 266 g/mol. The van der Waals surface area contributed by atoms with Crippen molar-refractivity contribution in [3.05, 3.63) is 42.0 Å². The molecule has 0 spiro atoms. The molecule has 0 radical (unpaired) electrons. The second kappa shape index (κ2) is 6.57. The largest absolute Gasteiger partial charge is 0.481 e. The fourth-order valence-corrected chi connectivity index (χ4v) is 2.56. The number of benzene rings is 1. The van der Waals surface area contributed by atoms with Crippen LogP contribution in [-0.2, 0) is 9.59 Å². The SMILES string of the molecule is CC(C)c1ccc(NC(=O)[C@H]2CC=CC[C@H]2C(=O)O)cc1. The molecule has 112 valence electrons. The van der Waals surface area contributed by atoms with Crippen molar-refractivity contribution in [3.8, 4) is 0 Å². The highest BCUT2D eigenvalue weighted by Gasteiger charge is 2.33. The predicted octanol–water partition coefficient (Wildman–Crippen LogP) is 3.42. The molecule has 0 saturated carbocycles. The molecule has 0 unspecified atom stereocenters. The molecule has 21 heavy (non-hydrogen) atoms. The number of anilines is 1. The third-order valence-electron chi connectivity index (χ3n) is 3.93. The van der Waals surface area contributed by atoms with E-state index in [0.29, 0.717) is 24.4 Å². The Hall–Kier alpha value is -2.10. The number of carbonyl (C=O) groups is 2. The van der Waals surface area contributed by atoms with Gasteiger partial charge < -0.3 is 10.4 Å². The Balaban J connectivity index is 2.06. The average molecular weight is 287 g/mol. The van der Waals surface area contributed by atoms with E-state index >= 15 is 0 Å². The van der Waals surface area contributed by atoms with E-state index in [-0.39, 0.29) is 5.91 Å². The lowest BCUT2D eigenvalue weighted by molar-refractivity contribution is -0.146. The number of carboxylic acids is 1. The summed E-state index contributed by atoms with van der Waals surface area (Å²) in [6.07, 6.45) is 4.61. The summed E-state index contributed by atoms with van der Waals surface area (Å²) in [7, 11) is 0. The van der Waals surface area contributed by atoms with Gasteiger partial charge in [-0.05, 0) is 36.5 Å². The molecule has 2 N–H and O–H groups in total. The van der Waals surface area contributed by atoms with Crippen LogP contribution in [0.5, 0.6) is 0 Å². The summed E-state index contributed by atoms with van der Waals surface area (Å²) >= 11 is 0. The summed E-state index contributed by atoms with van der Waals surface area (Å²) < 4.78 is 0. The molecule has 0 aliphatic heterocycles. The molecule has 0 heterocycles. The first-order valence-corrected chi connectivity index (χ1v) is 7.27. The van der Waals surface area contributed by atoms with Gasteiger partial charge in [-0.15, -0.1) is 0 Å². The quantitative estimate of drug-likeness (QED) is 0.834. The van der Waals surface area contributed by atoms with Crippen molar-refractivity contribution in [2.75, 3.05) is 5.32 Å². The van der Waals surface area contributed by atoms with Gasteiger partial charge in [-0.2, -0.15) is 0 Å². The first kappa shape index (κ1) is 15.3. The third-order valence-corrected chi connectivity index (χ3v) is 3.93. The second-order valence-electron chi connectivity index (χ2n) is 5.76. The fraction of sp³-hybridized carbons (Fsp3) is 0.412. The van der Waals surface area contributed by atoms with E-state index in [1.807, 2.05) is 36.4 Å². The van der Waals surface area contributed by atoms with Crippen LogP contribution in [0, 0.1) is 11.8 Å². The van der Waals surface area contributed by atoms with Gasteiger partial charge in [0.2, 0.25) is 5.91 Å². The minimum Gasteiger partial charge on any atom is -0.481 e. The second-order valence-corrected chi connectivity index (χ2v) is 5.76. The zero-order valence-corrected chi connectivity index (χ0v) is 12.4. The van der Waals surface area contributed by atoms with Crippen LogP contribution in [0.3, 0.4) is 0 Å². The molecule has 1 amide bonds. The number of nitrogens with one attached hydrogen (secondary N) is 1. The summed E-state index contributed by atoms with van der Waals surface area (Å²) in [4.78, 5) is 23.5. The maximum atomic E-state index is 12.3. The molecule has 0 bridgehead atoms. The minimum absolute atomic E-state index is 0.218. The smallest absolute Gasteiger partial charge is 0.307 e. The molecule has 1 aliphatic carbocycles. The Kier molecular flexibility index (Phi) is 4.78. The van der Waals surface area contributed by atoms with E-state index in [4.69, 9.17) is 0 Å². The molecule has 4 heteroatoms. The van der Waals surface area contributed by atoms with E-state index in [2.05, 4.69) is 19.2 Å². The number of allylic oxidation sites excluding steroid dienone is 2. The van der Waals surface area contributed by atoms with Crippen molar-refractivity contribution in [3.63, 3.8) is 0 Å². The zero-order chi connectivity index (χ0) is 15.4. The highest BCUT2D eigenvalue weighted by Crippen LogP contribution is 2.27. The molecule has 1 aromatic carbocycles. The van der Waals surface area contributed by atoms with Crippen LogP contribution in [0.2, 0.25) is 0 Å². The summed E-state index contributed by atoms with van der Waals surface area (Å²) in [5.41, 5.74) is 1.92. The van der Waals surface area contributed by atoms with Crippen LogP contribution < -0.4 is 5.32 Å². The van der Waals surface area contributed by atoms with Gasteiger partial charge in [-0.25, -0.2) is 0 Å². The van der Waals surface area contributed by atoms with Gasteiger partial charge in [-0.1, -0.05) is 38.1 Å². The van der Waals surface area contributed by atoms with Crippen molar-refractivity contribution in [1.82, 2.24) is 0 Å². The lowest BCUT2D eigenvalue weighted by Crippen LogP contribution is -2.34. The molecular formula is C17H21NO3. The zero-order valence-electron chi connectivity index (χ0n) is 12.4. The molecule has 0 fully saturated rings. The monoisotopic (exact) mass is 287 g/mol. The molecule has 2 rings (SSSR count). The Morgan fingerprint density at radius 3 is 2.19 bits per heavy atom. The molecule has 0 aromatic heterocycles. The van der Waals surface area contributed by atoms with Crippen molar-refractivity contribution in [2.24, 2.45) is 11.8 Å². The number of carbonyl (C=O) groups excluding carboxylic acids is 1. The highest BCUT2D eigenvalue weighted by molar-refractivity contribution is 5.95. The maximum absolute atomic E-state index is 12.3. The van der Waals surface area contributed by atoms with Crippen LogP contribution in [0.25, 0.3) is 0 Å². The Morgan fingerprint density at radius 2 is 1.67 bits per heavy atom. The van der Waals surface area contributed by atoms with Gasteiger partial charge in [0.25, 0.3) is 0 Å². The van der Waals surface area contributed by atoms with Crippen LogP contribution in [0.1, 0.15) is 38.2 Å². The first-order valence-electron chi connectivity index (χ1n) is 7.27. The number of hydrogen-bond donors (Lipinski definition) is 2. The van der Waals surface area contributed by atoms with Gasteiger partial charge in [-0.3, -0.25) is 9.59 Å². The van der Waals surface area contributed by atoms with Gasteiger partial charge in [0.15, 0.2) is 0 Å². The summed E-state index contributed by atoms with van der Waals surface area (Å²) in [6.45, 7) is 4.22. The highest BCUT2D eigenvalue weighted by atomic mass is 16.4. The Labute approximate surface area is 124 Å². The third kappa shape index (κ3) is 3.72. The van der Waals surface area contributed by atoms with Crippen LogP contribution in [0.15, 0.2) is 36.4 Å². The minimum atomic E-state index is -0.908. The van der Waals surface area contributed by atoms with Crippen molar-refractivity contribution >= 4 is 17.6 Å². The predicted molar refractivity (Wildman–Crippen MR) is 82.2 cm³/mol.